The summed E-state index contributed by atoms with van der Waals surface area (Å²) in [6.45, 7) is 0. The van der Waals surface area contributed by atoms with Gasteiger partial charge in [-0.1, -0.05) is 65.6 Å². The van der Waals surface area contributed by atoms with Crippen LogP contribution in [0.2, 0.25) is 0 Å². The monoisotopic (exact) mass is 537 g/mol. The molecule has 0 heterocycles. The smallest absolute Gasteiger partial charge is 0.141 e. The molecule has 0 aliphatic heterocycles. The van der Waals surface area contributed by atoms with Crippen molar-refractivity contribution >= 4 is 251 Å². The lowest BCUT2D eigenvalue weighted by Crippen LogP contribution is -2.57. The topological polar surface area (TPSA) is 12.0 Å². The quantitative estimate of drug-likeness (QED) is 0.257. The van der Waals surface area contributed by atoms with Crippen LogP contribution < -0.4 is 104 Å². The molecule has 19 heteroatoms. The average molecular weight is 534 g/mol. The van der Waals surface area contributed by atoms with Crippen molar-refractivity contribution in [2.24, 2.45) is 0 Å². The number of hydrogen-bond acceptors (Lipinski definition) is 1. The van der Waals surface area contributed by atoms with Gasteiger partial charge in [0.15, 0.2) is 0 Å². The molecule has 0 spiro atoms. The summed E-state index contributed by atoms with van der Waals surface area (Å²) in [6, 6.07) is 0. The van der Waals surface area contributed by atoms with Gasteiger partial charge in [-0.2, -0.15) is 0 Å². The Labute approximate surface area is 277 Å². The summed E-state index contributed by atoms with van der Waals surface area (Å²) in [5, 5.41) is 4.02. The molecule has 0 saturated heterocycles. The molecule has 0 fully saturated rings. The van der Waals surface area contributed by atoms with E-state index < -0.39 is 0 Å². The maximum absolute atomic E-state index is 4.02. The SMILES string of the molecule is Bc1c(B)c(B)c(-c2c(B)c(B)c(Nc3c(B)c(B)c(-c4c(B)c(B)c(B)c(B)c4B)c(B)c3B)c(B)c2B)c(B)c1B. The Kier molecular flexibility index (Phi) is 9.40. The van der Waals surface area contributed by atoms with E-state index in [2.05, 4.69) is 147 Å². The fraction of sp³-hybridized carbons (Fsp3) is 0. The van der Waals surface area contributed by atoms with Crippen LogP contribution >= 0.6 is 0 Å². The van der Waals surface area contributed by atoms with Crippen LogP contribution in [-0.2, 0) is 0 Å². The molecule has 0 aliphatic rings. The van der Waals surface area contributed by atoms with Crippen molar-refractivity contribution in [3.8, 4) is 22.3 Å². The normalized spacial score (nSPS) is 11.1. The molecule has 0 aliphatic carbocycles. The first-order valence-electron chi connectivity index (χ1n) is 16.0. The molecule has 4 aromatic carbocycles. The number of nitrogens with one attached hydrogen (secondary N) is 1. The van der Waals surface area contributed by atoms with E-state index >= 15 is 0 Å². The Morgan fingerprint density at radius 3 is 0.512 bits per heavy atom. The van der Waals surface area contributed by atoms with Gasteiger partial charge < -0.3 is 5.32 Å². The van der Waals surface area contributed by atoms with Crippen molar-refractivity contribution in [1.29, 1.82) is 0 Å². The first kappa shape index (κ1) is 33.7. The predicted molar refractivity (Wildman–Crippen MR) is 254 cm³/mol. The second-order valence-electron chi connectivity index (χ2n) is 13.6. The maximum Gasteiger partial charge on any atom is 0.141 e. The zero-order chi connectivity index (χ0) is 32.6. The third-order valence-electron chi connectivity index (χ3n) is 12.0. The molecule has 1 nitrogen and oxygen atoms in total. The number of hydrogen-bond donors (Lipinski definition) is 1. The fourth-order valence-electron chi connectivity index (χ4n) is 7.62. The second kappa shape index (κ2) is 12.0. The summed E-state index contributed by atoms with van der Waals surface area (Å²) in [5.74, 6) is 0. The van der Waals surface area contributed by atoms with Gasteiger partial charge in [-0.3, -0.25) is 0 Å². The third kappa shape index (κ3) is 5.10. The molecule has 0 aromatic heterocycles. The van der Waals surface area contributed by atoms with Crippen molar-refractivity contribution in [1.82, 2.24) is 0 Å². The zero-order valence-electron chi connectivity index (χ0n) is 30.5. The molecule has 0 unspecified atom stereocenters. The number of anilines is 2. The third-order valence-corrected chi connectivity index (χ3v) is 12.0. The Hall–Kier alpha value is -2.15. The molecule has 192 valence electrons. The van der Waals surface area contributed by atoms with Crippen LogP contribution in [0.3, 0.4) is 0 Å². The Balaban J connectivity index is 1.97. The van der Waals surface area contributed by atoms with Crippen molar-refractivity contribution in [2.75, 3.05) is 5.32 Å². The predicted octanol–water partition coefficient (Wildman–Crippen LogP) is -24.6. The molecular weight excluding hydrogens is 497 g/mol. The van der Waals surface area contributed by atoms with E-state index in [9.17, 15) is 0 Å². The Morgan fingerprint density at radius 1 is 0.186 bits per heavy atom. The van der Waals surface area contributed by atoms with Crippen molar-refractivity contribution < 1.29 is 0 Å². The summed E-state index contributed by atoms with van der Waals surface area (Å²) in [4.78, 5) is 0. The van der Waals surface area contributed by atoms with E-state index in [0.29, 0.717) is 0 Å². The van der Waals surface area contributed by atoms with Gasteiger partial charge in [-0.05, 0) is 22.3 Å². The highest BCUT2D eigenvalue weighted by molar-refractivity contribution is 6.73. The van der Waals surface area contributed by atoms with E-state index in [1.807, 2.05) is 0 Å². The molecule has 0 amide bonds. The number of rotatable bonds is 4. The highest BCUT2D eigenvalue weighted by Gasteiger charge is 2.23. The lowest BCUT2D eigenvalue weighted by Gasteiger charge is -2.30. The molecule has 4 aromatic rings. The van der Waals surface area contributed by atoms with Crippen LogP contribution in [0, 0.1) is 0 Å². The van der Waals surface area contributed by atoms with Crippen molar-refractivity contribution in [3.05, 3.63) is 0 Å². The minimum absolute atomic E-state index is 1.25. The summed E-state index contributed by atoms with van der Waals surface area (Å²) >= 11 is 0. The Morgan fingerprint density at radius 2 is 0.326 bits per heavy atom. The van der Waals surface area contributed by atoms with Gasteiger partial charge in [0.1, 0.15) is 141 Å². The van der Waals surface area contributed by atoms with Crippen molar-refractivity contribution in [2.45, 2.75) is 0 Å². The van der Waals surface area contributed by atoms with Gasteiger partial charge in [-0.15, -0.1) is 32.8 Å². The van der Waals surface area contributed by atoms with Gasteiger partial charge in [0.2, 0.25) is 0 Å². The molecule has 4 rings (SSSR count). The van der Waals surface area contributed by atoms with Gasteiger partial charge in [0.05, 0.1) is 0 Å². The van der Waals surface area contributed by atoms with Crippen LogP contribution in [0.1, 0.15) is 0 Å². The lowest BCUT2D eigenvalue weighted by molar-refractivity contribution is 1.69. The van der Waals surface area contributed by atoms with Gasteiger partial charge >= 0.3 is 0 Å². The summed E-state index contributed by atoms with van der Waals surface area (Å²) in [6.07, 6.45) is 0. The van der Waals surface area contributed by atoms with E-state index in [1.54, 1.807) is 0 Å². The zero-order valence-corrected chi connectivity index (χ0v) is 30.5. The minimum Gasteiger partial charge on any atom is -0.357 e. The average Bonchev–Trinajstić information content (AvgIpc) is 2.98. The first-order chi connectivity index (χ1) is 19.9. The van der Waals surface area contributed by atoms with Crippen LogP contribution in [0.4, 0.5) is 11.4 Å². The van der Waals surface area contributed by atoms with Crippen LogP contribution in [0.5, 0.6) is 0 Å². The molecule has 1 N–H and O–H groups in total. The Bertz CT molecular complexity index is 1630. The largest absolute Gasteiger partial charge is 0.357 e. The highest BCUT2D eigenvalue weighted by Crippen LogP contribution is 2.14. The minimum atomic E-state index is 1.25. The molecule has 43 heavy (non-hydrogen) atoms. The first-order valence-corrected chi connectivity index (χ1v) is 16.0. The van der Waals surface area contributed by atoms with Gasteiger partial charge in [-0.25, -0.2) is 0 Å². The molecular formula is C24H37B18N. The standard InChI is InChI=1S/C24H37B18N/c25-5-1(6(26)14(34)17(37)13(5)33)3-9(29)19(39)23(20(40)10(3)30)43-24-21(41)11(31)4(12(32)22(24)42)2-7(27)15(35)18(38)16(36)8(2)28/h43H,25-42H2. The van der Waals surface area contributed by atoms with Crippen molar-refractivity contribution in [3.63, 3.8) is 0 Å². The molecule has 0 atom stereocenters. The van der Waals surface area contributed by atoms with E-state index in [1.165, 1.54) is 132 Å². The van der Waals surface area contributed by atoms with E-state index in [-0.39, 0.29) is 0 Å². The highest BCUT2D eigenvalue weighted by atomic mass is 14.9. The van der Waals surface area contributed by atoms with E-state index in [4.69, 9.17) is 0 Å². The van der Waals surface area contributed by atoms with Crippen LogP contribution in [-0.4, -0.2) is 141 Å². The van der Waals surface area contributed by atoms with Crippen LogP contribution in [0.15, 0.2) is 0 Å². The van der Waals surface area contributed by atoms with Gasteiger partial charge in [0, 0.05) is 11.4 Å². The number of benzene rings is 4. The summed E-state index contributed by atoms with van der Waals surface area (Å²) in [5.41, 5.74) is 33.1. The molecule has 0 saturated carbocycles. The van der Waals surface area contributed by atoms with E-state index in [0.717, 1.165) is 0 Å². The maximum atomic E-state index is 4.02. The second-order valence-corrected chi connectivity index (χ2v) is 13.6. The summed E-state index contributed by atoms with van der Waals surface area (Å²) in [7, 11) is 41.4. The molecule has 0 radical (unpaired) electrons. The lowest BCUT2D eigenvalue weighted by atomic mass is 9.56. The van der Waals surface area contributed by atoms with Gasteiger partial charge in [0.25, 0.3) is 0 Å². The summed E-state index contributed by atoms with van der Waals surface area (Å²) < 4.78 is 0. The van der Waals surface area contributed by atoms with Crippen LogP contribution in [0.25, 0.3) is 22.3 Å². The fourth-order valence-corrected chi connectivity index (χ4v) is 7.62. The molecule has 0 bridgehead atoms.